The Kier molecular flexibility index (Phi) is 11.9. The predicted molar refractivity (Wildman–Crippen MR) is 170 cm³/mol. The van der Waals surface area contributed by atoms with E-state index >= 15 is 0 Å². The highest BCUT2D eigenvalue weighted by molar-refractivity contribution is 7.80. The van der Waals surface area contributed by atoms with Crippen LogP contribution in [0.25, 0.3) is 22.4 Å². The molecule has 1 atom stereocenters. The molecule has 5 rings (SSSR count). The fraction of sp³-hybridized carbons (Fsp3) is 0.0645. The van der Waals surface area contributed by atoms with Gasteiger partial charge in [0, 0.05) is 35.9 Å². The lowest BCUT2D eigenvalue weighted by Gasteiger charge is -2.13. The lowest BCUT2D eigenvalue weighted by atomic mass is 9.88. The van der Waals surface area contributed by atoms with Crippen LogP contribution >= 0.6 is 24.4 Å². The highest BCUT2D eigenvalue weighted by Crippen LogP contribution is 2.27. The zero-order valence-electron chi connectivity index (χ0n) is 23.2. The molecule has 0 fully saturated rings. The number of hydrogen-bond acceptors (Lipinski definition) is 7. The van der Waals surface area contributed by atoms with Gasteiger partial charge < -0.3 is 16.5 Å². The van der Waals surface area contributed by atoms with Crippen LogP contribution in [-0.2, 0) is 4.79 Å². The molecule has 0 radical (unpaired) electrons. The molecule has 0 aliphatic heterocycles. The quantitative estimate of drug-likeness (QED) is 0.111. The molecule has 2 aromatic carbocycles. The van der Waals surface area contributed by atoms with Crippen molar-refractivity contribution in [3.8, 4) is 22.4 Å². The number of benzene rings is 2. The van der Waals surface area contributed by atoms with Gasteiger partial charge in [0.2, 0.25) is 0 Å². The van der Waals surface area contributed by atoms with Crippen molar-refractivity contribution >= 4 is 41.1 Å². The molecule has 224 valence electrons. The normalized spacial score (nSPS) is 10.7. The fourth-order valence-electron chi connectivity index (χ4n) is 4.02. The second-order valence-electron chi connectivity index (χ2n) is 9.00. The molecule has 44 heavy (non-hydrogen) atoms. The first-order chi connectivity index (χ1) is 21.0. The van der Waals surface area contributed by atoms with E-state index in [2.05, 4.69) is 43.6 Å². The van der Waals surface area contributed by atoms with E-state index in [1.807, 2.05) is 0 Å². The summed E-state index contributed by atoms with van der Waals surface area (Å²) in [4.78, 5) is 49.6. The zero-order valence-corrected chi connectivity index (χ0v) is 24.8. The SMILES string of the molecule is CC(=O)C(C(=O)c1ccncc1)c1ccc(F)cc1.NC(N)=S.O=c1[nH]c(=S)[nH]c(-c2ccncc2)c1-c1ccc(F)cc1. The smallest absolute Gasteiger partial charge is 0.260 e. The third kappa shape index (κ3) is 9.37. The number of aromatic nitrogens is 4. The summed E-state index contributed by atoms with van der Waals surface area (Å²) in [6, 6.07) is 17.8. The Hall–Kier alpha value is -5.27. The summed E-state index contributed by atoms with van der Waals surface area (Å²) in [6.07, 6.45) is 6.24. The molecule has 0 saturated heterocycles. The van der Waals surface area contributed by atoms with E-state index in [-0.39, 0.29) is 32.8 Å². The van der Waals surface area contributed by atoms with Gasteiger partial charge in [-0.2, -0.15) is 0 Å². The Balaban J connectivity index is 0.000000216. The first-order valence-corrected chi connectivity index (χ1v) is 13.6. The van der Waals surface area contributed by atoms with Gasteiger partial charge in [-0.15, -0.1) is 0 Å². The first kappa shape index (κ1) is 33.2. The average Bonchev–Trinajstić information content (AvgIpc) is 2.99. The van der Waals surface area contributed by atoms with Gasteiger partial charge in [0.15, 0.2) is 15.7 Å². The van der Waals surface area contributed by atoms with Gasteiger partial charge >= 0.3 is 0 Å². The van der Waals surface area contributed by atoms with Gasteiger partial charge in [-0.1, -0.05) is 24.3 Å². The minimum Gasteiger partial charge on any atom is -0.377 e. The van der Waals surface area contributed by atoms with Crippen molar-refractivity contribution in [1.82, 2.24) is 19.9 Å². The molecule has 0 spiro atoms. The molecular weight excluding hydrogens is 607 g/mol. The number of thiocarbonyl (C=S) groups is 1. The summed E-state index contributed by atoms with van der Waals surface area (Å²) in [5.74, 6) is -2.23. The third-order valence-corrected chi connectivity index (χ3v) is 6.09. The summed E-state index contributed by atoms with van der Waals surface area (Å²) in [7, 11) is 0. The number of nitrogens with zero attached hydrogens (tertiary/aromatic N) is 2. The van der Waals surface area contributed by atoms with Crippen molar-refractivity contribution in [3.05, 3.63) is 135 Å². The fourth-order valence-corrected chi connectivity index (χ4v) is 4.22. The molecule has 1 unspecified atom stereocenters. The summed E-state index contributed by atoms with van der Waals surface area (Å²) in [5.41, 5.74) is 12.2. The molecule has 3 heterocycles. The standard InChI is InChI=1S/C15H10FN3OS.C15H12FNO2.CH4N2S/c16-11-3-1-9(2-4-11)12-13(10-5-7-17-8-6-10)18-15(21)19-14(12)20;1-10(18)14(11-2-4-13(16)5-3-11)15(19)12-6-8-17-9-7-12;2-1(3)4/h1-8H,(H2,18,19,20,21);2-9,14H,1H3;(H4,2,3,4). The number of nitrogens with two attached hydrogens (primary N) is 2. The van der Waals surface area contributed by atoms with Gasteiger partial charge in [-0.3, -0.25) is 29.3 Å². The number of aromatic amines is 2. The van der Waals surface area contributed by atoms with Crippen molar-refractivity contribution in [1.29, 1.82) is 0 Å². The van der Waals surface area contributed by atoms with Crippen molar-refractivity contribution in [3.63, 3.8) is 0 Å². The highest BCUT2D eigenvalue weighted by Gasteiger charge is 2.26. The van der Waals surface area contributed by atoms with E-state index in [9.17, 15) is 23.2 Å². The van der Waals surface area contributed by atoms with E-state index in [1.165, 1.54) is 55.7 Å². The molecule has 13 heteroatoms. The Morgan fingerprint density at radius 1 is 0.773 bits per heavy atom. The maximum atomic E-state index is 13.1. The molecule has 0 amide bonds. The topological polar surface area (TPSA) is 161 Å². The van der Waals surface area contributed by atoms with Crippen molar-refractivity contribution in [2.75, 3.05) is 0 Å². The van der Waals surface area contributed by atoms with Crippen LogP contribution in [0.5, 0.6) is 0 Å². The third-order valence-electron chi connectivity index (χ3n) is 5.88. The number of hydrogen-bond donors (Lipinski definition) is 4. The summed E-state index contributed by atoms with van der Waals surface area (Å²) in [6.45, 7) is 1.35. The number of halogens is 2. The van der Waals surface area contributed by atoms with Crippen molar-refractivity contribution < 1.29 is 18.4 Å². The molecule has 3 aromatic heterocycles. The monoisotopic (exact) mass is 632 g/mol. The van der Waals surface area contributed by atoms with E-state index in [4.69, 9.17) is 12.2 Å². The highest BCUT2D eigenvalue weighted by atomic mass is 32.1. The second kappa shape index (κ2) is 15.8. The molecule has 0 aliphatic carbocycles. The van der Waals surface area contributed by atoms with Crippen LogP contribution in [0, 0.1) is 16.4 Å². The maximum absolute atomic E-state index is 13.1. The number of Topliss-reactive ketones (excluding diaryl/α,β-unsaturated/α-hetero) is 2. The van der Waals surface area contributed by atoms with Crippen LogP contribution in [0.2, 0.25) is 0 Å². The van der Waals surface area contributed by atoms with Gasteiger partial charge in [0.1, 0.15) is 23.3 Å². The summed E-state index contributed by atoms with van der Waals surface area (Å²) >= 11 is 9.12. The largest absolute Gasteiger partial charge is 0.377 e. The number of nitrogens with one attached hydrogen (secondary N) is 2. The number of carbonyl (C=O) groups is 2. The van der Waals surface area contributed by atoms with Gasteiger partial charge in [0.05, 0.1) is 11.3 Å². The van der Waals surface area contributed by atoms with Crippen LogP contribution < -0.4 is 17.0 Å². The number of rotatable bonds is 6. The van der Waals surface area contributed by atoms with Crippen LogP contribution in [0.3, 0.4) is 0 Å². The second-order valence-corrected chi connectivity index (χ2v) is 9.88. The minimum absolute atomic E-state index is 0.000000000000000222. The predicted octanol–water partition coefficient (Wildman–Crippen LogP) is 5.27. The molecule has 9 nitrogen and oxygen atoms in total. The van der Waals surface area contributed by atoms with Gasteiger partial charge in [0.25, 0.3) is 5.56 Å². The maximum Gasteiger partial charge on any atom is 0.260 e. The molecule has 0 aliphatic rings. The Labute approximate surface area is 261 Å². The van der Waals surface area contributed by atoms with Crippen molar-refractivity contribution in [2.24, 2.45) is 11.5 Å². The van der Waals surface area contributed by atoms with E-state index in [0.29, 0.717) is 27.9 Å². The van der Waals surface area contributed by atoms with Crippen LogP contribution in [0.4, 0.5) is 8.78 Å². The lowest BCUT2D eigenvalue weighted by Crippen LogP contribution is -2.20. The molecule has 6 N–H and O–H groups in total. The Bertz CT molecular complexity index is 1840. The van der Waals surface area contributed by atoms with Gasteiger partial charge in [-0.25, -0.2) is 8.78 Å². The molecule has 0 saturated carbocycles. The van der Waals surface area contributed by atoms with Crippen LogP contribution in [0.1, 0.15) is 28.8 Å². The molecular formula is C31H26F2N6O3S2. The van der Waals surface area contributed by atoms with Gasteiger partial charge in [-0.05, 0) is 91.0 Å². The number of pyridine rings is 2. The lowest BCUT2D eigenvalue weighted by molar-refractivity contribution is -0.117. The zero-order chi connectivity index (χ0) is 32.2. The molecule has 0 bridgehead atoms. The number of carbonyl (C=O) groups excluding carboxylic acids is 2. The van der Waals surface area contributed by atoms with E-state index < -0.39 is 11.7 Å². The summed E-state index contributed by atoms with van der Waals surface area (Å²) < 4.78 is 26.2. The van der Waals surface area contributed by atoms with E-state index in [0.717, 1.165) is 5.56 Å². The average molecular weight is 633 g/mol. The molecule has 5 aromatic rings. The minimum atomic E-state index is -0.900. The Morgan fingerprint density at radius 3 is 1.75 bits per heavy atom. The Morgan fingerprint density at radius 2 is 1.25 bits per heavy atom. The van der Waals surface area contributed by atoms with Crippen LogP contribution in [-0.4, -0.2) is 36.6 Å². The van der Waals surface area contributed by atoms with Crippen molar-refractivity contribution in [2.45, 2.75) is 12.8 Å². The van der Waals surface area contributed by atoms with Crippen LogP contribution in [0.15, 0.2) is 102 Å². The van der Waals surface area contributed by atoms with E-state index in [1.54, 1.807) is 48.8 Å². The summed E-state index contributed by atoms with van der Waals surface area (Å²) in [5, 5.41) is 0.000000000000000222. The number of ketones is 2. The number of H-pyrrole nitrogens is 2. The first-order valence-electron chi connectivity index (χ1n) is 12.8.